The number of nitrogens with zero attached hydrogens (tertiary/aromatic N) is 4. The first-order valence-corrected chi connectivity index (χ1v) is 9.42. The van der Waals surface area contributed by atoms with Crippen LogP contribution in [-0.2, 0) is 28.9 Å². The highest BCUT2D eigenvalue weighted by Crippen LogP contribution is 2.20. The van der Waals surface area contributed by atoms with Crippen molar-refractivity contribution in [1.82, 2.24) is 19.2 Å². The molecule has 8 heteroatoms. The van der Waals surface area contributed by atoms with Gasteiger partial charge in [-0.1, -0.05) is 25.5 Å². The van der Waals surface area contributed by atoms with E-state index in [0.29, 0.717) is 23.6 Å². The van der Waals surface area contributed by atoms with Crippen LogP contribution in [0.4, 0.5) is 5.69 Å². The fraction of sp³-hybridized carbons (Fsp3) is 0.400. The Bertz CT molecular complexity index is 1050. The summed E-state index contributed by atoms with van der Waals surface area (Å²) < 4.78 is 7.56. The maximum Gasteiger partial charge on any atom is 0.352 e. The Morgan fingerprint density at radius 3 is 2.57 bits per heavy atom. The van der Waals surface area contributed by atoms with Crippen LogP contribution in [-0.4, -0.2) is 31.7 Å². The summed E-state index contributed by atoms with van der Waals surface area (Å²) in [6, 6.07) is 7.60. The Balaban J connectivity index is 2.14. The standard InChI is InChI=1S/C20H25N5O3/c1-4-6-17-16(11-14-7-9-15(21)10-8-14)19-23-24(12-18(26)28-5-2)20(27)25(19)13(3)22-17/h7-10H,4-6,11-12,21H2,1-3H3. The van der Waals surface area contributed by atoms with E-state index in [1.54, 1.807) is 13.8 Å². The summed E-state index contributed by atoms with van der Waals surface area (Å²) in [5, 5.41) is 4.45. The monoisotopic (exact) mass is 383 g/mol. The first-order chi connectivity index (χ1) is 13.4. The number of anilines is 1. The number of nitrogens with two attached hydrogens (primary N) is 1. The molecule has 148 valence electrons. The van der Waals surface area contributed by atoms with E-state index in [-0.39, 0.29) is 13.2 Å². The Morgan fingerprint density at radius 1 is 1.21 bits per heavy atom. The zero-order chi connectivity index (χ0) is 20.3. The molecular weight excluding hydrogens is 358 g/mol. The molecule has 3 aromatic rings. The smallest absolute Gasteiger partial charge is 0.352 e. The average molecular weight is 383 g/mol. The van der Waals surface area contributed by atoms with Gasteiger partial charge in [0.15, 0.2) is 5.65 Å². The van der Waals surface area contributed by atoms with E-state index < -0.39 is 11.7 Å². The van der Waals surface area contributed by atoms with Crippen molar-refractivity contribution in [3.05, 3.63) is 57.4 Å². The molecule has 2 aromatic heterocycles. The van der Waals surface area contributed by atoms with Gasteiger partial charge in [0.05, 0.1) is 6.61 Å². The third-order valence-corrected chi connectivity index (χ3v) is 4.51. The third-order valence-electron chi connectivity index (χ3n) is 4.51. The zero-order valence-electron chi connectivity index (χ0n) is 16.4. The molecule has 0 radical (unpaired) electrons. The van der Waals surface area contributed by atoms with Crippen molar-refractivity contribution in [1.29, 1.82) is 0 Å². The van der Waals surface area contributed by atoms with Crippen LogP contribution in [0.3, 0.4) is 0 Å². The highest BCUT2D eigenvalue weighted by atomic mass is 16.5. The fourth-order valence-electron chi connectivity index (χ4n) is 3.23. The molecule has 0 saturated heterocycles. The number of fused-ring (bicyclic) bond motifs is 1. The van der Waals surface area contributed by atoms with E-state index in [9.17, 15) is 9.59 Å². The predicted octanol–water partition coefficient (Wildman–Crippen LogP) is 1.89. The second kappa shape index (κ2) is 8.24. The lowest BCUT2D eigenvalue weighted by atomic mass is 10.0. The summed E-state index contributed by atoms with van der Waals surface area (Å²) in [5.74, 6) is 0.0621. The average Bonchev–Trinajstić information content (AvgIpc) is 2.97. The fourth-order valence-corrected chi connectivity index (χ4v) is 3.23. The van der Waals surface area contributed by atoms with Gasteiger partial charge in [0.2, 0.25) is 0 Å². The molecular formula is C20H25N5O3. The number of carbonyl (C=O) groups is 1. The van der Waals surface area contributed by atoms with Gasteiger partial charge in [0, 0.05) is 23.4 Å². The molecule has 0 bridgehead atoms. The van der Waals surface area contributed by atoms with Gasteiger partial charge in [-0.3, -0.25) is 4.79 Å². The first kappa shape index (κ1) is 19.6. The summed E-state index contributed by atoms with van der Waals surface area (Å²) >= 11 is 0. The lowest BCUT2D eigenvalue weighted by Crippen LogP contribution is -2.27. The van der Waals surface area contributed by atoms with Gasteiger partial charge >= 0.3 is 11.7 Å². The summed E-state index contributed by atoms with van der Waals surface area (Å²) in [6.45, 7) is 5.61. The molecule has 0 amide bonds. The minimum Gasteiger partial charge on any atom is -0.465 e. The molecule has 3 rings (SSSR count). The van der Waals surface area contributed by atoms with Crippen LogP contribution in [0.2, 0.25) is 0 Å². The molecule has 0 unspecified atom stereocenters. The zero-order valence-corrected chi connectivity index (χ0v) is 16.4. The molecule has 0 aliphatic heterocycles. The van der Waals surface area contributed by atoms with Gasteiger partial charge in [-0.15, -0.1) is 5.10 Å². The number of rotatable bonds is 7. The number of hydrogen-bond acceptors (Lipinski definition) is 6. The summed E-state index contributed by atoms with van der Waals surface area (Å²) in [7, 11) is 0. The van der Waals surface area contributed by atoms with E-state index in [0.717, 1.165) is 34.3 Å². The van der Waals surface area contributed by atoms with E-state index >= 15 is 0 Å². The minimum atomic E-state index is -0.493. The van der Waals surface area contributed by atoms with Gasteiger partial charge < -0.3 is 10.5 Å². The maximum absolute atomic E-state index is 12.8. The van der Waals surface area contributed by atoms with Crippen LogP contribution in [0.15, 0.2) is 29.1 Å². The maximum atomic E-state index is 12.8. The van der Waals surface area contributed by atoms with Crippen LogP contribution in [0.25, 0.3) is 5.65 Å². The topological polar surface area (TPSA) is 105 Å². The number of hydrogen-bond donors (Lipinski definition) is 1. The number of esters is 1. The molecule has 8 nitrogen and oxygen atoms in total. The number of ether oxygens (including phenoxy) is 1. The molecule has 0 fully saturated rings. The van der Waals surface area contributed by atoms with Crippen LogP contribution < -0.4 is 11.4 Å². The number of nitrogen functional groups attached to an aromatic ring is 1. The first-order valence-electron chi connectivity index (χ1n) is 9.42. The lowest BCUT2D eigenvalue weighted by molar-refractivity contribution is -0.144. The van der Waals surface area contributed by atoms with Crippen molar-refractivity contribution in [2.24, 2.45) is 0 Å². The number of aryl methyl sites for hydroxylation is 2. The quantitative estimate of drug-likeness (QED) is 0.493. The van der Waals surface area contributed by atoms with E-state index in [2.05, 4.69) is 17.0 Å². The van der Waals surface area contributed by atoms with Crippen molar-refractivity contribution < 1.29 is 9.53 Å². The van der Waals surface area contributed by atoms with Gasteiger partial charge in [-0.2, -0.15) is 0 Å². The summed E-state index contributed by atoms with van der Waals surface area (Å²) in [4.78, 5) is 29.3. The molecule has 2 N–H and O–H groups in total. The van der Waals surface area contributed by atoms with Crippen LogP contribution in [0.5, 0.6) is 0 Å². The normalized spacial score (nSPS) is 11.1. The van der Waals surface area contributed by atoms with Crippen molar-refractivity contribution in [2.75, 3.05) is 12.3 Å². The Morgan fingerprint density at radius 2 is 1.93 bits per heavy atom. The Hall–Kier alpha value is -3.16. The van der Waals surface area contributed by atoms with Crippen LogP contribution >= 0.6 is 0 Å². The Labute approximate surface area is 163 Å². The molecule has 0 aliphatic carbocycles. The second-order valence-corrected chi connectivity index (χ2v) is 6.66. The van der Waals surface area contributed by atoms with Crippen molar-refractivity contribution in [2.45, 2.75) is 46.6 Å². The molecule has 0 atom stereocenters. The van der Waals surface area contributed by atoms with Gasteiger partial charge in [0.25, 0.3) is 0 Å². The largest absolute Gasteiger partial charge is 0.465 e. The molecule has 0 saturated carbocycles. The molecule has 0 spiro atoms. The van der Waals surface area contributed by atoms with Crippen molar-refractivity contribution >= 4 is 17.3 Å². The number of benzene rings is 1. The van der Waals surface area contributed by atoms with E-state index in [4.69, 9.17) is 10.5 Å². The minimum absolute atomic E-state index is 0.224. The molecule has 2 heterocycles. The van der Waals surface area contributed by atoms with Crippen molar-refractivity contribution in [3.63, 3.8) is 0 Å². The molecule has 28 heavy (non-hydrogen) atoms. The highest BCUT2D eigenvalue weighted by molar-refractivity contribution is 5.69. The lowest BCUT2D eigenvalue weighted by Gasteiger charge is -2.11. The SMILES string of the molecule is CCCc1nc(C)n2c(=O)n(CC(=O)OCC)nc2c1Cc1ccc(N)cc1. The highest BCUT2D eigenvalue weighted by Gasteiger charge is 2.19. The number of carbonyl (C=O) groups excluding carboxylic acids is 1. The second-order valence-electron chi connectivity index (χ2n) is 6.66. The summed E-state index contributed by atoms with van der Waals surface area (Å²) in [5.41, 5.74) is 9.46. The molecule has 0 aliphatic rings. The van der Waals surface area contributed by atoms with Crippen LogP contribution in [0, 0.1) is 6.92 Å². The van der Waals surface area contributed by atoms with Crippen LogP contribution in [0.1, 0.15) is 42.9 Å². The predicted molar refractivity (Wildman–Crippen MR) is 106 cm³/mol. The van der Waals surface area contributed by atoms with Crippen molar-refractivity contribution in [3.8, 4) is 0 Å². The van der Waals surface area contributed by atoms with Gasteiger partial charge in [0.1, 0.15) is 12.4 Å². The number of aromatic nitrogens is 4. The van der Waals surface area contributed by atoms with Gasteiger partial charge in [-0.25, -0.2) is 18.9 Å². The van der Waals surface area contributed by atoms with E-state index in [1.165, 1.54) is 4.40 Å². The third kappa shape index (κ3) is 3.90. The molecule has 1 aromatic carbocycles. The van der Waals surface area contributed by atoms with E-state index in [1.807, 2.05) is 24.3 Å². The van der Waals surface area contributed by atoms with Gasteiger partial charge in [-0.05, 0) is 38.0 Å². The summed E-state index contributed by atoms with van der Waals surface area (Å²) in [6.07, 6.45) is 2.27. The Kier molecular flexibility index (Phi) is 5.77.